The molecule has 0 spiro atoms. The van der Waals surface area contributed by atoms with Crippen LogP contribution in [0.2, 0.25) is 0 Å². The Balaban J connectivity index is 0. The quantitative estimate of drug-likeness (QED) is 0.320. The van der Waals surface area contributed by atoms with Crippen molar-refractivity contribution in [2.45, 2.75) is 0 Å². The van der Waals surface area contributed by atoms with Crippen LogP contribution in [0.25, 0.3) is 0 Å². The van der Waals surface area contributed by atoms with Crippen LogP contribution >= 0.6 is 9.90 Å². The first-order valence-corrected chi connectivity index (χ1v) is 0. The predicted molar refractivity (Wildman–Crippen MR) is 21.1 cm³/mol. The Bertz CT molecular complexity index is 3.61. The van der Waals surface area contributed by atoms with Gasteiger partial charge >= 0.3 is 0 Å². The molecule has 0 N–H and O–H groups in total. The fourth-order valence-electron chi connectivity index (χ4n) is 0. The second kappa shape index (κ2) is 1830. The average Bonchev–Trinajstić information content (AvgIpc) is 0. The van der Waals surface area contributed by atoms with Crippen molar-refractivity contribution in [1.29, 1.82) is 0 Å². The molecule has 0 rings (SSSR count). The molecule has 5 heavy (non-hydrogen) atoms. The van der Waals surface area contributed by atoms with Gasteiger partial charge in [0, 0.05) is 0 Å². The molecule has 0 aliphatic heterocycles. The molecule has 0 amide bonds. The van der Waals surface area contributed by atoms with Crippen LogP contribution in [-0.2, 0) is 0 Å². The van der Waals surface area contributed by atoms with E-state index in [1.807, 2.05) is 0 Å². The summed E-state index contributed by atoms with van der Waals surface area (Å²) < 4.78 is 0. The minimum atomic E-state index is 0. The lowest BCUT2D eigenvalue weighted by atomic mass is 19.0. The molecule has 0 aromatic carbocycles. The van der Waals surface area contributed by atoms with Gasteiger partial charge in [-0.05, 0) is 0 Å². The monoisotopic (exact) mass is 114 g/mol. The van der Waals surface area contributed by atoms with Gasteiger partial charge in [-0.25, -0.2) is 0 Å². The molecule has 0 nitrogen and oxygen atoms in total. The lowest BCUT2D eigenvalue weighted by molar-refractivity contribution is 1.11. The molecule has 5 heteroatoms. The van der Waals surface area contributed by atoms with Gasteiger partial charge < -0.3 is 0 Å². The zero-order valence-electron chi connectivity index (χ0n) is 2.34. The maximum Gasteiger partial charge on any atom is -0.153 e. The summed E-state index contributed by atoms with van der Waals surface area (Å²) in [6.45, 7) is 0. The van der Waals surface area contributed by atoms with Crippen LogP contribution in [0, 0.1) is 0 Å². The highest BCUT2D eigenvalue weighted by atomic mass is 31.0. The maximum absolute atomic E-state index is 0. The fourth-order valence-corrected chi connectivity index (χ4v) is 0. The highest BCUT2D eigenvalue weighted by Gasteiger charge is -0.153. The van der Waals surface area contributed by atoms with Crippen molar-refractivity contribution in [3.63, 3.8) is 0 Å². The van der Waals surface area contributed by atoms with Crippen LogP contribution in [0.15, 0.2) is 0 Å². The Kier molecular flexibility index (Phi) is 1440000. The molecule has 0 fully saturated rings. The molecule has 0 aliphatic carbocycles. The second-order valence-corrected chi connectivity index (χ2v) is 0. The van der Waals surface area contributed by atoms with Crippen molar-refractivity contribution >= 4 is 9.90 Å². The summed E-state index contributed by atoms with van der Waals surface area (Å²) in [7, 11) is 0. The highest BCUT2D eigenvalue weighted by molar-refractivity contribution is 6.92. The number of hydrogen-bond acceptors (Lipinski definition) is 0. The van der Waals surface area contributed by atoms with E-state index < -0.39 is 0 Å². The molecular weight excluding hydrogens is 107 g/mol. The maximum atomic E-state index is 0. The van der Waals surface area contributed by atoms with Gasteiger partial charge in [0.2, 0.25) is 0 Å². The SMILES string of the molecule is F.F.F.F.P. The molecule has 0 radical (unpaired) electrons. The van der Waals surface area contributed by atoms with Crippen molar-refractivity contribution in [3.8, 4) is 0 Å². The van der Waals surface area contributed by atoms with Gasteiger partial charge in [0.1, 0.15) is 0 Å². The highest BCUT2D eigenvalue weighted by Crippen LogP contribution is 0.861. The molecule has 0 saturated heterocycles. The van der Waals surface area contributed by atoms with Crippen LogP contribution in [0.5, 0.6) is 0 Å². The van der Waals surface area contributed by atoms with Gasteiger partial charge in [-0.2, -0.15) is 9.90 Å². The average molecular weight is 114 g/mol. The van der Waals surface area contributed by atoms with Crippen molar-refractivity contribution in [2.75, 3.05) is 0 Å². The van der Waals surface area contributed by atoms with Crippen molar-refractivity contribution in [2.24, 2.45) is 0 Å². The summed E-state index contributed by atoms with van der Waals surface area (Å²) in [5.41, 5.74) is 0. The van der Waals surface area contributed by atoms with Crippen molar-refractivity contribution < 1.29 is 18.8 Å². The summed E-state index contributed by atoms with van der Waals surface area (Å²) in [4.78, 5) is 0. The topological polar surface area (TPSA) is 0 Å². The summed E-state index contributed by atoms with van der Waals surface area (Å²) in [5.74, 6) is 0. The van der Waals surface area contributed by atoms with Crippen LogP contribution in [0.3, 0.4) is 0 Å². The van der Waals surface area contributed by atoms with E-state index in [1.54, 1.807) is 0 Å². The molecule has 0 heterocycles. The summed E-state index contributed by atoms with van der Waals surface area (Å²) in [5, 5.41) is 0. The lowest BCUT2D eigenvalue weighted by Gasteiger charge is -0.270. The molecule has 1 unspecified atom stereocenters. The minimum absolute atomic E-state index is 0. The van der Waals surface area contributed by atoms with E-state index in [2.05, 4.69) is 0 Å². The van der Waals surface area contributed by atoms with E-state index in [1.165, 1.54) is 0 Å². The van der Waals surface area contributed by atoms with Gasteiger partial charge in [-0.3, -0.25) is 18.8 Å². The molecule has 0 aromatic rings. The fraction of sp³-hybridized carbons (Fsp3) is 0. The van der Waals surface area contributed by atoms with E-state index in [0.717, 1.165) is 0 Å². The van der Waals surface area contributed by atoms with Crippen LogP contribution in [0.4, 0.5) is 18.8 Å². The zero-order chi connectivity index (χ0) is 0. The minimum Gasteiger partial charge on any atom is -0.269 e. The molecule has 0 bridgehead atoms. The van der Waals surface area contributed by atoms with Gasteiger partial charge in [0.15, 0.2) is 0 Å². The summed E-state index contributed by atoms with van der Waals surface area (Å²) in [6, 6.07) is 0. The number of rotatable bonds is 0. The smallest absolute Gasteiger partial charge is 0.153 e. The number of hydrogen-bond donors (Lipinski definition) is 0. The van der Waals surface area contributed by atoms with E-state index >= 15 is 0 Å². The van der Waals surface area contributed by atoms with Gasteiger partial charge in [0.05, 0.1) is 0 Å². The van der Waals surface area contributed by atoms with Gasteiger partial charge in [-0.1, -0.05) is 0 Å². The lowest BCUT2D eigenvalue weighted by Crippen LogP contribution is 0.419. The second-order valence-electron chi connectivity index (χ2n) is 0. The first kappa shape index (κ1) is 3940. The van der Waals surface area contributed by atoms with Crippen LogP contribution < -0.4 is 0 Å². The molecule has 0 aliphatic rings. The van der Waals surface area contributed by atoms with E-state index in [4.69, 9.17) is 0 Å². The standard InChI is InChI=1S/4FH.H3P/h4*1H;1H3. The van der Waals surface area contributed by atoms with Crippen LogP contribution in [-0.4, -0.2) is 0 Å². The van der Waals surface area contributed by atoms with Crippen molar-refractivity contribution in [3.05, 3.63) is 0 Å². The zero-order valence-corrected chi connectivity index (χ0v) is 3.75. The third-order valence-corrected chi connectivity index (χ3v) is 0. The van der Waals surface area contributed by atoms with Gasteiger partial charge in [-0.15, -0.1) is 0 Å². The largest absolute Gasteiger partial charge is 0.269 e. The van der Waals surface area contributed by atoms with E-state index in [-0.39, 0.29) is 28.7 Å². The normalized spacial score (nSPS) is 0. The molecule has 0 saturated carbocycles. The Morgan fingerprint density at radius 3 is 0.400 bits per heavy atom. The Morgan fingerprint density at radius 2 is 0.400 bits per heavy atom. The third kappa shape index (κ3) is 853. The van der Waals surface area contributed by atoms with E-state index in [0.29, 0.717) is 0 Å². The molecule has 0 aromatic heterocycles. The molecule has 1 atom stereocenters. The molecular formula is H7F4P. The first-order valence-electron chi connectivity index (χ1n) is 0. The molecule has 40 valence electrons. The summed E-state index contributed by atoms with van der Waals surface area (Å²) >= 11 is 0. The number of halogens is 4. The first-order chi connectivity index (χ1) is 0. The van der Waals surface area contributed by atoms with Crippen LogP contribution in [0.1, 0.15) is 0 Å². The predicted octanol–water partition coefficient (Wildman–Crippen LogP) is 0.668. The van der Waals surface area contributed by atoms with Crippen molar-refractivity contribution in [1.82, 2.24) is 0 Å². The van der Waals surface area contributed by atoms with E-state index in [9.17, 15) is 0 Å². The summed E-state index contributed by atoms with van der Waals surface area (Å²) in [6.07, 6.45) is 0. The van der Waals surface area contributed by atoms with Gasteiger partial charge in [0.25, 0.3) is 0 Å². The third-order valence-electron chi connectivity index (χ3n) is 0. The Hall–Kier alpha value is 0.150. The Morgan fingerprint density at radius 1 is 0.400 bits per heavy atom. The Labute approximate surface area is 30.0 Å².